The number of nitrogens with zero attached hydrogens (tertiary/aromatic N) is 2. The third kappa shape index (κ3) is 1.95. The van der Waals surface area contributed by atoms with Gasteiger partial charge in [-0.15, -0.1) is 0 Å². The van der Waals surface area contributed by atoms with E-state index in [2.05, 4.69) is 4.99 Å². The van der Waals surface area contributed by atoms with Crippen molar-refractivity contribution in [2.24, 2.45) is 16.8 Å². The van der Waals surface area contributed by atoms with Crippen molar-refractivity contribution >= 4 is 11.8 Å². The number of carbonyl (C=O) groups is 1. The summed E-state index contributed by atoms with van der Waals surface area (Å²) in [6.07, 6.45) is 1.75. The highest BCUT2D eigenvalue weighted by Gasteiger charge is 2.35. The molecule has 84 valence electrons. The van der Waals surface area contributed by atoms with Crippen molar-refractivity contribution in [1.82, 2.24) is 5.01 Å². The van der Waals surface area contributed by atoms with Gasteiger partial charge in [-0.3, -0.25) is 10.0 Å². The van der Waals surface area contributed by atoms with Gasteiger partial charge in [0.05, 0.1) is 6.54 Å². The van der Waals surface area contributed by atoms with E-state index in [0.29, 0.717) is 13.2 Å². The van der Waals surface area contributed by atoms with Crippen LogP contribution in [-0.4, -0.2) is 47.7 Å². The number of hydrogen-bond donors (Lipinski definition) is 2. The standard InChI is InChI=1S/C9H15N3O3/c10-12-7(9(13)14)5-11-8(12)6-1-3-15-4-2-6/h6-7H,1-5,10H2,(H,13,14). The number of carboxylic acids is 1. The third-order valence-corrected chi connectivity index (χ3v) is 2.90. The molecule has 1 fully saturated rings. The molecular weight excluding hydrogens is 198 g/mol. The van der Waals surface area contributed by atoms with Crippen molar-refractivity contribution < 1.29 is 14.6 Å². The van der Waals surface area contributed by atoms with Gasteiger partial charge in [-0.05, 0) is 12.8 Å². The van der Waals surface area contributed by atoms with E-state index in [4.69, 9.17) is 15.7 Å². The first-order valence-corrected chi connectivity index (χ1v) is 5.09. The Balaban J connectivity index is 2.01. The number of hydrazine groups is 1. The van der Waals surface area contributed by atoms with Crippen LogP contribution in [0, 0.1) is 5.92 Å². The summed E-state index contributed by atoms with van der Waals surface area (Å²) in [5, 5.41) is 10.2. The lowest BCUT2D eigenvalue weighted by molar-refractivity contribution is -0.141. The zero-order chi connectivity index (χ0) is 10.8. The maximum atomic E-state index is 10.8. The van der Waals surface area contributed by atoms with Crippen molar-refractivity contribution in [3.05, 3.63) is 0 Å². The number of hydrogen-bond acceptors (Lipinski definition) is 5. The van der Waals surface area contributed by atoms with Crippen LogP contribution in [0.3, 0.4) is 0 Å². The lowest BCUT2D eigenvalue weighted by atomic mass is 9.99. The number of aliphatic carboxylic acids is 1. The summed E-state index contributed by atoms with van der Waals surface area (Å²) >= 11 is 0. The van der Waals surface area contributed by atoms with Crippen molar-refractivity contribution in [2.75, 3.05) is 19.8 Å². The zero-order valence-electron chi connectivity index (χ0n) is 8.43. The van der Waals surface area contributed by atoms with E-state index >= 15 is 0 Å². The Morgan fingerprint density at radius 1 is 1.53 bits per heavy atom. The molecule has 0 aromatic carbocycles. The Hall–Kier alpha value is -1.14. The van der Waals surface area contributed by atoms with E-state index in [1.807, 2.05) is 0 Å². The highest BCUT2D eigenvalue weighted by Crippen LogP contribution is 2.21. The number of aliphatic imine (C=N–C) groups is 1. The molecule has 0 radical (unpaired) electrons. The fraction of sp³-hybridized carbons (Fsp3) is 0.778. The zero-order valence-corrected chi connectivity index (χ0v) is 8.43. The van der Waals surface area contributed by atoms with Crippen molar-refractivity contribution in [1.29, 1.82) is 0 Å². The summed E-state index contributed by atoms with van der Waals surface area (Å²) in [5.74, 6) is 5.81. The van der Waals surface area contributed by atoms with Gasteiger partial charge < -0.3 is 9.84 Å². The highest BCUT2D eigenvalue weighted by atomic mass is 16.5. The minimum absolute atomic E-state index is 0.257. The molecule has 1 unspecified atom stereocenters. The number of ether oxygens (including phenoxy) is 1. The second kappa shape index (κ2) is 4.16. The Kier molecular flexibility index (Phi) is 2.88. The SMILES string of the molecule is NN1C(C2CCOCC2)=NCC1C(=O)O. The summed E-state index contributed by atoms with van der Waals surface area (Å²) < 4.78 is 5.24. The number of rotatable bonds is 2. The molecule has 2 aliphatic rings. The van der Waals surface area contributed by atoms with Gasteiger partial charge in [0, 0.05) is 19.1 Å². The summed E-state index contributed by atoms with van der Waals surface area (Å²) in [5.41, 5.74) is 0. The smallest absolute Gasteiger partial charge is 0.329 e. The second-order valence-electron chi connectivity index (χ2n) is 3.85. The third-order valence-electron chi connectivity index (χ3n) is 2.90. The number of carboxylic acid groups (broad SMARTS) is 1. The maximum absolute atomic E-state index is 10.8. The Bertz CT molecular complexity index is 286. The normalized spacial score (nSPS) is 27.9. The first-order chi connectivity index (χ1) is 7.20. The van der Waals surface area contributed by atoms with Crippen LogP contribution in [-0.2, 0) is 9.53 Å². The largest absolute Gasteiger partial charge is 0.480 e. The lowest BCUT2D eigenvalue weighted by Crippen LogP contribution is -2.49. The van der Waals surface area contributed by atoms with Gasteiger partial charge in [-0.2, -0.15) is 0 Å². The Labute approximate surface area is 87.7 Å². The van der Waals surface area contributed by atoms with E-state index in [-0.39, 0.29) is 12.5 Å². The number of amidine groups is 1. The molecule has 1 atom stereocenters. The molecule has 1 saturated heterocycles. The molecule has 15 heavy (non-hydrogen) atoms. The van der Waals surface area contributed by atoms with Gasteiger partial charge >= 0.3 is 5.97 Å². The van der Waals surface area contributed by atoms with E-state index < -0.39 is 12.0 Å². The molecule has 0 aromatic heterocycles. The van der Waals surface area contributed by atoms with Crippen LogP contribution >= 0.6 is 0 Å². The molecule has 0 bridgehead atoms. The van der Waals surface area contributed by atoms with Gasteiger partial charge in [0.25, 0.3) is 0 Å². The maximum Gasteiger partial charge on any atom is 0.329 e. The lowest BCUT2D eigenvalue weighted by Gasteiger charge is -2.27. The van der Waals surface area contributed by atoms with Gasteiger partial charge in [0.1, 0.15) is 5.84 Å². The first-order valence-electron chi connectivity index (χ1n) is 5.09. The Morgan fingerprint density at radius 3 is 2.73 bits per heavy atom. The molecule has 0 aromatic rings. The molecule has 0 aliphatic carbocycles. The molecule has 0 spiro atoms. The predicted octanol–water partition coefficient (Wildman–Crippen LogP) is -0.546. The van der Waals surface area contributed by atoms with E-state index in [0.717, 1.165) is 18.7 Å². The van der Waals surface area contributed by atoms with Crippen LogP contribution in [0.5, 0.6) is 0 Å². The van der Waals surface area contributed by atoms with Gasteiger partial charge in [-0.25, -0.2) is 10.6 Å². The molecule has 2 aliphatic heterocycles. The van der Waals surface area contributed by atoms with Crippen LogP contribution < -0.4 is 5.84 Å². The predicted molar refractivity (Wildman–Crippen MR) is 53.3 cm³/mol. The van der Waals surface area contributed by atoms with Crippen LogP contribution in [0.1, 0.15) is 12.8 Å². The average Bonchev–Trinajstić information content (AvgIpc) is 2.61. The molecule has 2 rings (SSSR count). The molecule has 6 nitrogen and oxygen atoms in total. The molecule has 3 N–H and O–H groups in total. The van der Waals surface area contributed by atoms with E-state index in [1.54, 1.807) is 0 Å². The molecular formula is C9H15N3O3. The highest BCUT2D eigenvalue weighted by molar-refractivity contribution is 5.91. The molecule has 2 heterocycles. The quantitative estimate of drug-likeness (QED) is 0.601. The van der Waals surface area contributed by atoms with Crippen LogP contribution in [0.15, 0.2) is 4.99 Å². The fourth-order valence-corrected chi connectivity index (χ4v) is 2.00. The summed E-state index contributed by atoms with van der Waals surface area (Å²) in [4.78, 5) is 15.0. The minimum Gasteiger partial charge on any atom is -0.480 e. The average molecular weight is 213 g/mol. The van der Waals surface area contributed by atoms with Crippen molar-refractivity contribution in [3.63, 3.8) is 0 Å². The van der Waals surface area contributed by atoms with Gasteiger partial charge in [0.15, 0.2) is 6.04 Å². The van der Waals surface area contributed by atoms with Crippen molar-refractivity contribution in [2.45, 2.75) is 18.9 Å². The summed E-state index contributed by atoms with van der Waals surface area (Å²) in [6, 6.07) is -0.692. The molecule has 0 saturated carbocycles. The van der Waals surface area contributed by atoms with Crippen LogP contribution in [0.25, 0.3) is 0 Å². The number of nitrogens with two attached hydrogens (primary N) is 1. The van der Waals surface area contributed by atoms with Crippen LogP contribution in [0.4, 0.5) is 0 Å². The summed E-state index contributed by atoms with van der Waals surface area (Å²) in [6.45, 7) is 1.67. The van der Waals surface area contributed by atoms with Crippen LogP contribution in [0.2, 0.25) is 0 Å². The van der Waals surface area contributed by atoms with Crippen molar-refractivity contribution in [3.8, 4) is 0 Å². The monoisotopic (exact) mass is 213 g/mol. The van der Waals surface area contributed by atoms with E-state index in [9.17, 15) is 4.79 Å². The summed E-state index contributed by atoms with van der Waals surface area (Å²) in [7, 11) is 0. The molecule has 6 heteroatoms. The topological polar surface area (TPSA) is 88.1 Å². The minimum atomic E-state index is -0.914. The second-order valence-corrected chi connectivity index (χ2v) is 3.85. The van der Waals surface area contributed by atoms with Gasteiger partial charge in [0.2, 0.25) is 0 Å². The fourth-order valence-electron chi connectivity index (χ4n) is 2.00. The molecule has 0 amide bonds. The van der Waals surface area contributed by atoms with E-state index in [1.165, 1.54) is 5.01 Å². The first kappa shape index (κ1) is 10.4. The van der Waals surface area contributed by atoms with Gasteiger partial charge in [-0.1, -0.05) is 0 Å². The Morgan fingerprint density at radius 2 is 2.20 bits per heavy atom.